The molecule has 0 radical (unpaired) electrons. The number of hydrogen-bond acceptors (Lipinski definition) is 6. The average Bonchev–Trinajstić information content (AvgIpc) is 3.11. The van der Waals surface area contributed by atoms with Crippen LogP contribution in [-0.2, 0) is 22.6 Å². The number of alkyl halides is 3. The maximum absolute atomic E-state index is 13.0. The highest BCUT2D eigenvalue weighted by Gasteiger charge is 2.39. The van der Waals surface area contributed by atoms with Gasteiger partial charge in [-0.2, -0.15) is 13.2 Å². The Labute approximate surface area is 217 Å². The number of carbonyl (C=O) groups is 2. The van der Waals surface area contributed by atoms with E-state index in [0.717, 1.165) is 0 Å². The van der Waals surface area contributed by atoms with Crippen molar-refractivity contribution in [2.45, 2.75) is 31.4 Å². The van der Waals surface area contributed by atoms with Gasteiger partial charge in [0.05, 0.1) is 12.6 Å². The highest BCUT2D eigenvalue weighted by Crippen LogP contribution is 2.25. The van der Waals surface area contributed by atoms with Gasteiger partial charge in [-0.05, 0) is 35.9 Å². The molecular formula is C22H20Cl2F3N5O5. The van der Waals surface area contributed by atoms with Crippen LogP contribution < -0.4 is 16.7 Å². The van der Waals surface area contributed by atoms with Gasteiger partial charge in [-0.3, -0.25) is 9.36 Å². The van der Waals surface area contributed by atoms with Gasteiger partial charge in [0.1, 0.15) is 13.2 Å². The maximum atomic E-state index is 13.0. The van der Waals surface area contributed by atoms with Crippen molar-refractivity contribution in [2.75, 3.05) is 6.61 Å². The Balaban J connectivity index is 1.92. The summed E-state index contributed by atoms with van der Waals surface area (Å²) in [5, 5.41) is 16.7. The summed E-state index contributed by atoms with van der Waals surface area (Å²) in [4.78, 5) is 36.8. The Morgan fingerprint density at radius 2 is 1.78 bits per heavy atom. The van der Waals surface area contributed by atoms with Gasteiger partial charge < -0.3 is 20.9 Å². The lowest BCUT2D eigenvalue weighted by Crippen LogP contribution is -2.39. The van der Waals surface area contributed by atoms with Crippen LogP contribution in [0.2, 0.25) is 10.0 Å². The van der Waals surface area contributed by atoms with Gasteiger partial charge in [0.15, 0.2) is 11.9 Å². The fourth-order valence-electron chi connectivity index (χ4n) is 3.31. The number of ether oxygens (including phenoxy) is 1. The summed E-state index contributed by atoms with van der Waals surface area (Å²) in [5.41, 5.74) is 4.54. The smallest absolute Gasteiger partial charge is 0.416 e. The number of primary amides is 1. The van der Waals surface area contributed by atoms with Gasteiger partial charge in [0.2, 0.25) is 5.91 Å². The third-order valence-electron chi connectivity index (χ3n) is 5.06. The van der Waals surface area contributed by atoms with E-state index in [1.165, 1.54) is 30.3 Å². The van der Waals surface area contributed by atoms with Gasteiger partial charge in [-0.1, -0.05) is 41.4 Å². The van der Waals surface area contributed by atoms with E-state index in [-0.39, 0.29) is 23.0 Å². The Morgan fingerprint density at radius 1 is 1.14 bits per heavy atom. The fourth-order valence-corrected chi connectivity index (χ4v) is 3.70. The lowest BCUT2D eigenvalue weighted by molar-refractivity contribution is -0.207. The number of aromatic nitrogens is 3. The molecule has 0 spiro atoms. The van der Waals surface area contributed by atoms with E-state index in [9.17, 15) is 32.7 Å². The molecule has 0 bridgehead atoms. The zero-order chi connectivity index (χ0) is 27.3. The summed E-state index contributed by atoms with van der Waals surface area (Å²) in [6, 6.07) is 11.1. The van der Waals surface area contributed by atoms with Crippen molar-refractivity contribution in [2.24, 2.45) is 5.73 Å². The summed E-state index contributed by atoms with van der Waals surface area (Å²) in [6.07, 6.45) is -8.96. The number of benzene rings is 2. The molecule has 2 atom stereocenters. The first-order valence-electron chi connectivity index (χ1n) is 10.5. The molecule has 1 unspecified atom stereocenters. The number of nitrogens with one attached hydrogen (secondary N) is 1. The predicted molar refractivity (Wildman–Crippen MR) is 127 cm³/mol. The molecule has 2 aromatic carbocycles. The van der Waals surface area contributed by atoms with Gasteiger partial charge >= 0.3 is 18.0 Å². The number of amides is 2. The first-order valence-corrected chi connectivity index (χ1v) is 11.3. The molecule has 0 saturated carbocycles. The van der Waals surface area contributed by atoms with E-state index in [0.29, 0.717) is 19.8 Å². The summed E-state index contributed by atoms with van der Waals surface area (Å²) >= 11 is 12.0. The highest BCUT2D eigenvalue weighted by molar-refractivity contribution is 6.31. The molecule has 37 heavy (non-hydrogen) atoms. The molecule has 198 valence electrons. The van der Waals surface area contributed by atoms with E-state index in [2.05, 4.69) is 10.4 Å². The van der Waals surface area contributed by atoms with Crippen molar-refractivity contribution >= 4 is 35.2 Å². The van der Waals surface area contributed by atoms with Crippen LogP contribution in [-0.4, -0.2) is 50.3 Å². The van der Waals surface area contributed by atoms with Crippen molar-refractivity contribution in [1.82, 2.24) is 19.7 Å². The molecule has 4 N–H and O–H groups in total. The molecular weight excluding hydrogens is 542 g/mol. The third-order valence-corrected chi connectivity index (χ3v) is 5.66. The van der Waals surface area contributed by atoms with Crippen molar-refractivity contribution in [3.8, 4) is 11.4 Å². The highest BCUT2D eigenvalue weighted by atomic mass is 35.5. The Hall–Kier alpha value is -3.55. The lowest BCUT2D eigenvalue weighted by Gasteiger charge is -2.19. The summed E-state index contributed by atoms with van der Waals surface area (Å²) in [7, 11) is 0. The second-order valence-corrected chi connectivity index (χ2v) is 8.55. The van der Waals surface area contributed by atoms with Crippen LogP contribution in [0.25, 0.3) is 11.4 Å². The second kappa shape index (κ2) is 11.7. The number of halogens is 5. The standard InChI is InChI=1S/C22H20Cl2F3N5O5/c23-13-7-5-12(6-8-13)19-30-32(21(36)31(19)9-17(33)22(25,26)27)10-18(34)29-16(11-37-20(28)35)14-3-1-2-4-15(14)24/h1-8,16-17,33H,9-11H2,(H2,28,35)(H,29,34)/t16?,17-/m0/s1. The molecule has 0 aliphatic heterocycles. The van der Waals surface area contributed by atoms with Crippen LogP contribution in [0.5, 0.6) is 0 Å². The number of nitrogens with zero attached hydrogens (tertiary/aromatic N) is 3. The molecule has 1 heterocycles. The predicted octanol–water partition coefficient (Wildman–Crippen LogP) is 2.89. The summed E-state index contributed by atoms with van der Waals surface area (Å²) in [5.74, 6) is -1.03. The van der Waals surface area contributed by atoms with Gasteiger partial charge in [-0.15, -0.1) is 5.10 Å². The number of nitrogens with two attached hydrogens (primary N) is 1. The molecule has 0 fully saturated rings. The topological polar surface area (TPSA) is 141 Å². The van der Waals surface area contributed by atoms with E-state index in [1.807, 2.05) is 0 Å². The van der Waals surface area contributed by atoms with E-state index in [1.54, 1.807) is 18.2 Å². The lowest BCUT2D eigenvalue weighted by atomic mass is 10.1. The number of hydrogen-bond donors (Lipinski definition) is 3. The van der Waals surface area contributed by atoms with Crippen LogP contribution in [0.1, 0.15) is 11.6 Å². The van der Waals surface area contributed by atoms with E-state index >= 15 is 0 Å². The van der Waals surface area contributed by atoms with Crippen LogP contribution in [0.3, 0.4) is 0 Å². The molecule has 3 rings (SSSR count). The van der Waals surface area contributed by atoms with Crippen molar-refractivity contribution in [1.29, 1.82) is 0 Å². The maximum Gasteiger partial charge on any atom is 0.416 e. The van der Waals surface area contributed by atoms with Crippen LogP contribution >= 0.6 is 23.2 Å². The largest absolute Gasteiger partial charge is 0.447 e. The number of aliphatic hydroxyl groups is 1. The van der Waals surface area contributed by atoms with Gasteiger partial charge in [0.25, 0.3) is 0 Å². The zero-order valence-electron chi connectivity index (χ0n) is 18.8. The average molecular weight is 562 g/mol. The monoisotopic (exact) mass is 561 g/mol. The Bertz CT molecular complexity index is 1330. The first-order chi connectivity index (χ1) is 17.4. The molecule has 1 aromatic heterocycles. The molecule has 0 aliphatic carbocycles. The van der Waals surface area contributed by atoms with Crippen LogP contribution in [0.15, 0.2) is 53.3 Å². The number of carbonyl (C=O) groups excluding carboxylic acids is 2. The van der Waals surface area contributed by atoms with Crippen molar-refractivity contribution < 1.29 is 32.6 Å². The van der Waals surface area contributed by atoms with Gasteiger partial charge in [-0.25, -0.2) is 14.3 Å². The number of aliphatic hydroxyl groups excluding tert-OH is 1. The Kier molecular flexibility index (Phi) is 8.84. The normalized spacial score (nSPS) is 13.1. The molecule has 0 saturated heterocycles. The SMILES string of the molecule is NC(=O)OCC(NC(=O)Cn1nc(-c2ccc(Cl)cc2)n(C[C@H](O)C(F)(F)F)c1=O)c1ccccc1Cl. The number of rotatable bonds is 9. The second-order valence-electron chi connectivity index (χ2n) is 7.71. The quantitative estimate of drug-likeness (QED) is 0.366. The minimum Gasteiger partial charge on any atom is -0.447 e. The van der Waals surface area contributed by atoms with Crippen LogP contribution in [0.4, 0.5) is 18.0 Å². The molecule has 10 nitrogen and oxygen atoms in total. The van der Waals surface area contributed by atoms with Crippen LogP contribution in [0, 0.1) is 0 Å². The fraction of sp³-hybridized carbons (Fsp3) is 0.273. The minimum atomic E-state index is -5.00. The molecule has 0 aliphatic rings. The van der Waals surface area contributed by atoms with Crippen molar-refractivity contribution in [3.05, 3.63) is 74.6 Å². The molecule has 2 amide bonds. The van der Waals surface area contributed by atoms with E-state index < -0.39 is 49.1 Å². The minimum absolute atomic E-state index is 0.221. The van der Waals surface area contributed by atoms with E-state index in [4.69, 9.17) is 33.7 Å². The Morgan fingerprint density at radius 3 is 2.38 bits per heavy atom. The molecule has 15 heteroatoms. The summed E-state index contributed by atoms with van der Waals surface area (Å²) in [6.45, 7) is -2.26. The van der Waals surface area contributed by atoms with Crippen molar-refractivity contribution in [3.63, 3.8) is 0 Å². The van der Waals surface area contributed by atoms with Gasteiger partial charge in [0, 0.05) is 15.6 Å². The third kappa shape index (κ3) is 7.24. The molecule has 3 aromatic rings. The zero-order valence-corrected chi connectivity index (χ0v) is 20.3. The summed E-state index contributed by atoms with van der Waals surface area (Å²) < 4.78 is 45.1. The first kappa shape index (κ1) is 28.0.